The van der Waals surface area contributed by atoms with Crippen LogP contribution in [0, 0.1) is 0 Å². The van der Waals surface area contributed by atoms with Crippen molar-refractivity contribution in [3.63, 3.8) is 0 Å². The van der Waals surface area contributed by atoms with Crippen molar-refractivity contribution in [1.29, 1.82) is 0 Å². The molecular weight excluding hydrogens is 338 g/mol. The van der Waals surface area contributed by atoms with Crippen LogP contribution in [0.15, 0.2) is 71.6 Å². The first kappa shape index (κ1) is 15.9. The van der Waals surface area contributed by atoms with Crippen molar-refractivity contribution < 1.29 is 17.9 Å². The fourth-order valence-corrected chi connectivity index (χ4v) is 3.89. The van der Waals surface area contributed by atoms with Crippen LogP contribution in [0.2, 0.25) is 0 Å². The Hall–Kier alpha value is -2.57. The van der Waals surface area contributed by atoms with Gasteiger partial charge in [0, 0.05) is 0 Å². The molecule has 3 aromatic rings. The van der Waals surface area contributed by atoms with Gasteiger partial charge in [-0.15, -0.1) is 0 Å². The van der Waals surface area contributed by atoms with Gasteiger partial charge in [0.2, 0.25) is 10.0 Å². The summed E-state index contributed by atoms with van der Waals surface area (Å²) in [7, 11) is -3.61. The van der Waals surface area contributed by atoms with E-state index in [1.165, 1.54) is 0 Å². The van der Waals surface area contributed by atoms with E-state index >= 15 is 0 Å². The van der Waals surface area contributed by atoms with Gasteiger partial charge in [-0.3, -0.25) is 0 Å². The lowest BCUT2D eigenvalue weighted by Gasteiger charge is -2.26. The normalized spacial score (nSPS) is 16.7. The molecule has 0 fully saturated rings. The van der Waals surface area contributed by atoms with E-state index < -0.39 is 10.0 Å². The maximum Gasteiger partial charge on any atom is 0.240 e. The molecule has 0 aliphatic carbocycles. The van der Waals surface area contributed by atoms with Gasteiger partial charge in [0.05, 0.1) is 11.4 Å². The van der Waals surface area contributed by atoms with E-state index in [0.717, 1.165) is 10.8 Å². The van der Waals surface area contributed by atoms with Gasteiger partial charge in [-0.25, -0.2) is 13.1 Å². The van der Waals surface area contributed by atoms with Gasteiger partial charge in [-0.05, 0) is 35.0 Å². The average molecular weight is 355 g/mol. The number of fused-ring (bicyclic) bond motifs is 2. The molecule has 0 amide bonds. The topological polar surface area (TPSA) is 64.6 Å². The molecule has 128 valence electrons. The zero-order valence-electron chi connectivity index (χ0n) is 13.4. The maximum absolute atomic E-state index is 12.6. The molecule has 1 atom stereocenters. The summed E-state index contributed by atoms with van der Waals surface area (Å²) in [5.74, 6) is 1.31. The van der Waals surface area contributed by atoms with E-state index in [1.807, 2.05) is 42.5 Å². The Labute approximate surface area is 146 Å². The number of nitrogens with one attached hydrogen (secondary N) is 1. The van der Waals surface area contributed by atoms with E-state index in [2.05, 4.69) is 4.72 Å². The molecule has 1 aliphatic rings. The zero-order valence-corrected chi connectivity index (χ0v) is 14.2. The molecule has 0 spiro atoms. The van der Waals surface area contributed by atoms with Gasteiger partial charge in [0.1, 0.15) is 12.7 Å². The first-order valence-corrected chi connectivity index (χ1v) is 9.47. The van der Waals surface area contributed by atoms with E-state index in [9.17, 15) is 8.42 Å². The molecule has 25 heavy (non-hydrogen) atoms. The highest BCUT2D eigenvalue weighted by atomic mass is 32.2. The van der Waals surface area contributed by atoms with Crippen LogP contribution in [-0.4, -0.2) is 27.7 Å². The third-order valence-corrected chi connectivity index (χ3v) is 5.52. The molecule has 0 unspecified atom stereocenters. The first-order valence-electron chi connectivity index (χ1n) is 7.99. The number of hydrogen-bond acceptors (Lipinski definition) is 4. The standard InChI is InChI=1S/C19H17NO4S/c21-25(22,17-10-9-14-5-1-2-6-15(14)11-17)20-12-16-13-23-18-7-3-4-8-19(18)24-16/h1-11,16,20H,12-13H2/t16-/m0/s1. The summed E-state index contributed by atoms with van der Waals surface area (Å²) in [6, 6.07) is 20.1. The minimum atomic E-state index is -3.61. The summed E-state index contributed by atoms with van der Waals surface area (Å²) in [6.07, 6.45) is -0.370. The Bertz CT molecular complexity index is 1020. The summed E-state index contributed by atoms with van der Waals surface area (Å²) < 4.78 is 39.1. The highest BCUT2D eigenvalue weighted by Crippen LogP contribution is 2.30. The summed E-state index contributed by atoms with van der Waals surface area (Å²) in [5.41, 5.74) is 0. The second-order valence-corrected chi connectivity index (χ2v) is 7.63. The van der Waals surface area contributed by atoms with Crippen LogP contribution in [0.5, 0.6) is 11.5 Å². The highest BCUT2D eigenvalue weighted by molar-refractivity contribution is 7.89. The van der Waals surface area contributed by atoms with E-state index in [4.69, 9.17) is 9.47 Å². The first-order chi connectivity index (χ1) is 12.1. The van der Waals surface area contributed by atoms with Gasteiger partial charge in [0.15, 0.2) is 11.5 Å². The maximum atomic E-state index is 12.6. The van der Waals surface area contributed by atoms with Crippen molar-refractivity contribution in [2.24, 2.45) is 0 Å². The van der Waals surface area contributed by atoms with Crippen molar-refractivity contribution in [3.8, 4) is 11.5 Å². The van der Waals surface area contributed by atoms with Crippen molar-refractivity contribution >= 4 is 20.8 Å². The Kier molecular flexibility index (Phi) is 4.07. The van der Waals surface area contributed by atoms with Crippen LogP contribution in [0.25, 0.3) is 10.8 Å². The van der Waals surface area contributed by atoms with Crippen molar-refractivity contribution in [2.45, 2.75) is 11.0 Å². The van der Waals surface area contributed by atoms with Gasteiger partial charge in [-0.2, -0.15) is 0 Å². The van der Waals surface area contributed by atoms with Gasteiger partial charge < -0.3 is 9.47 Å². The SMILES string of the molecule is O=S(=O)(NC[C@H]1COc2ccccc2O1)c1ccc2ccccc2c1. The lowest BCUT2D eigenvalue weighted by Crippen LogP contribution is -2.40. The molecule has 1 heterocycles. The third-order valence-electron chi connectivity index (χ3n) is 4.10. The van der Waals surface area contributed by atoms with Crippen LogP contribution < -0.4 is 14.2 Å². The van der Waals surface area contributed by atoms with Gasteiger partial charge in [-0.1, -0.05) is 42.5 Å². The van der Waals surface area contributed by atoms with Crippen LogP contribution in [-0.2, 0) is 10.0 Å². The van der Waals surface area contributed by atoms with Crippen LogP contribution in [0.3, 0.4) is 0 Å². The summed E-state index contributed by atoms with van der Waals surface area (Å²) in [5, 5.41) is 1.89. The number of sulfonamides is 1. The smallest absolute Gasteiger partial charge is 0.240 e. The average Bonchev–Trinajstić information content (AvgIpc) is 2.66. The fraction of sp³-hybridized carbons (Fsp3) is 0.158. The second kappa shape index (κ2) is 6.38. The molecule has 0 bridgehead atoms. The molecule has 0 saturated carbocycles. The van der Waals surface area contributed by atoms with Gasteiger partial charge in [0.25, 0.3) is 0 Å². The van der Waals surface area contributed by atoms with Crippen molar-refractivity contribution in [2.75, 3.05) is 13.2 Å². The summed E-state index contributed by atoms with van der Waals surface area (Å²) in [6.45, 7) is 0.445. The summed E-state index contributed by atoms with van der Waals surface area (Å²) >= 11 is 0. The largest absolute Gasteiger partial charge is 0.486 e. The number of hydrogen-bond donors (Lipinski definition) is 1. The highest BCUT2D eigenvalue weighted by Gasteiger charge is 2.23. The second-order valence-electron chi connectivity index (χ2n) is 5.86. The predicted octanol–water partition coefficient (Wildman–Crippen LogP) is 2.96. The summed E-state index contributed by atoms with van der Waals surface area (Å²) in [4.78, 5) is 0.239. The Balaban J connectivity index is 1.48. The predicted molar refractivity (Wildman–Crippen MR) is 95.5 cm³/mol. The molecule has 0 aromatic heterocycles. The number of rotatable bonds is 4. The molecule has 0 radical (unpaired) electrons. The minimum Gasteiger partial charge on any atom is -0.486 e. The van der Waals surface area contributed by atoms with Crippen molar-refractivity contribution in [1.82, 2.24) is 4.72 Å². The molecule has 1 aliphatic heterocycles. The Morgan fingerprint density at radius 3 is 2.48 bits per heavy atom. The minimum absolute atomic E-state index is 0.142. The monoisotopic (exact) mass is 355 g/mol. The van der Waals surface area contributed by atoms with Crippen LogP contribution >= 0.6 is 0 Å². The zero-order chi connectivity index (χ0) is 17.3. The quantitative estimate of drug-likeness (QED) is 0.781. The van der Waals surface area contributed by atoms with Crippen LogP contribution in [0.4, 0.5) is 0 Å². The molecule has 6 heteroatoms. The molecule has 1 N–H and O–H groups in total. The molecule has 3 aromatic carbocycles. The number of ether oxygens (including phenoxy) is 2. The lowest BCUT2D eigenvalue weighted by molar-refractivity contribution is 0.0943. The Morgan fingerprint density at radius 1 is 0.920 bits per heavy atom. The Morgan fingerprint density at radius 2 is 1.64 bits per heavy atom. The fourth-order valence-electron chi connectivity index (χ4n) is 2.78. The van der Waals surface area contributed by atoms with E-state index in [0.29, 0.717) is 18.1 Å². The molecule has 5 nitrogen and oxygen atoms in total. The third kappa shape index (κ3) is 3.31. The molecule has 4 rings (SSSR count). The van der Waals surface area contributed by atoms with Crippen molar-refractivity contribution in [3.05, 3.63) is 66.7 Å². The van der Waals surface area contributed by atoms with E-state index in [1.54, 1.807) is 24.3 Å². The van der Waals surface area contributed by atoms with Gasteiger partial charge >= 0.3 is 0 Å². The number of benzene rings is 3. The molecular formula is C19H17NO4S. The van der Waals surface area contributed by atoms with E-state index in [-0.39, 0.29) is 17.5 Å². The number of para-hydroxylation sites is 2. The lowest BCUT2D eigenvalue weighted by atomic mass is 10.1. The molecule has 0 saturated heterocycles. The van der Waals surface area contributed by atoms with Crippen LogP contribution in [0.1, 0.15) is 0 Å².